The quantitative estimate of drug-likeness (QED) is 0.754. The molecule has 0 bridgehead atoms. The van der Waals surface area contributed by atoms with Gasteiger partial charge in [-0.25, -0.2) is 8.42 Å². The number of nitrogens with one attached hydrogen (secondary N) is 1. The van der Waals surface area contributed by atoms with Gasteiger partial charge in [-0.2, -0.15) is 4.31 Å². The summed E-state index contributed by atoms with van der Waals surface area (Å²) >= 11 is 0. The third-order valence-electron chi connectivity index (χ3n) is 5.12. The van der Waals surface area contributed by atoms with Crippen molar-refractivity contribution in [1.29, 1.82) is 0 Å². The van der Waals surface area contributed by atoms with Gasteiger partial charge in [0.15, 0.2) is 0 Å². The summed E-state index contributed by atoms with van der Waals surface area (Å²) in [6.07, 6.45) is 1.39. The highest BCUT2D eigenvalue weighted by atomic mass is 32.2. The molecule has 29 heavy (non-hydrogen) atoms. The minimum atomic E-state index is -3.56. The molecule has 0 aliphatic carbocycles. The lowest BCUT2D eigenvalue weighted by Crippen LogP contribution is -2.45. The molecule has 1 heterocycles. The van der Waals surface area contributed by atoms with Crippen molar-refractivity contribution in [3.63, 3.8) is 0 Å². The Hall–Kier alpha value is -2.22. The summed E-state index contributed by atoms with van der Waals surface area (Å²) in [7, 11) is 0.494. The third kappa shape index (κ3) is 5.65. The normalized spacial score (nSPS) is 18.0. The van der Waals surface area contributed by atoms with Gasteiger partial charge in [-0.15, -0.1) is 0 Å². The van der Waals surface area contributed by atoms with Crippen LogP contribution in [-0.4, -0.2) is 50.7 Å². The molecule has 1 unspecified atom stereocenters. The molecule has 156 valence electrons. The topological polar surface area (TPSA) is 69.7 Å². The van der Waals surface area contributed by atoms with Crippen LogP contribution < -0.4 is 5.32 Å². The molecule has 0 spiro atoms. The van der Waals surface area contributed by atoms with Crippen molar-refractivity contribution in [2.45, 2.75) is 30.8 Å². The highest BCUT2D eigenvalue weighted by molar-refractivity contribution is 7.89. The molecule has 1 saturated heterocycles. The summed E-state index contributed by atoms with van der Waals surface area (Å²) in [5, 5.41) is 2.97. The molecule has 1 fully saturated rings. The predicted molar refractivity (Wildman–Crippen MR) is 114 cm³/mol. The van der Waals surface area contributed by atoms with Gasteiger partial charge in [-0.1, -0.05) is 42.5 Å². The minimum Gasteiger partial charge on any atom is -0.352 e. The van der Waals surface area contributed by atoms with Gasteiger partial charge < -0.3 is 10.2 Å². The van der Waals surface area contributed by atoms with Crippen LogP contribution in [-0.2, 0) is 27.9 Å². The lowest BCUT2D eigenvalue weighted by atomic mass is 9.98. The van der Waals surface area contributed by atoms with Crippen molar-refractivity contribution in [2.24, 2.45) is 5.92 Å². The van der Waals surface area contributed by atoms with Crippen LogP contribution >= 0.6 is 0 Å². The van der Waals surface area contributed by atoms with Crippen molar-refractivity contribution in [2.75, 3.05) is 27.2 Å². The maximum absolute atomic E-state index is 12.8. The molecule has 1 aliphatic rings. The van der Waals surface area contributed by atoms with Crippen LogP contribution in [0.4, 0.5) is 0 Å². The number of rotatable bonds is 7. The van der Waals surface area contributed by atoms with Gasteiger partial charge >= 0.3 is 0 Å². The van der Waals surface area contributed by atoms with Crippen molar-refractivity contribution < 1.29 is 13.2 Å². The summed E-state index contributed by atoms with van der Waals surface area (Å²) in [5.41, 5.74) is 2.25. The van der Waals surface area contributed by atoms with Crippen molar-refractivity contribution >= 4 is 15.9 Å². The van der Waals surface area contributed by atoms with Gasteiger partial charge in [0.25, 0.3) is 0 Å². The zero-order valence-corrected chi connectivity index (χ0v) is 17.9. The summed E-state index contributed by atoms with van der Waals surface area (Å²) < 4.78 is 27.1. The van der Waals surface area contributed by atoms with Crippen molar-refractivity contribution in [1.82, 2.24) is 14.5 Å². The van der Waals surface area contributed by atoms with Gasteiger partial charge in [0, 0.05) is 26.2 Å². The molecular weight excluding hydrogens is 386 g/mol. The molecule has 2 aromatic rings. The van der Waals surface area contributed by atoms with Gasteiger partial charge in [0.1, 0.15) is 0 Å². The van der Waals surface area contributed by atoms with Crippen LogP contribution in [0.25, 0.3) is 0 Å². The Bertz CT molecular complexity index is 912. The van der Waals surface area contributed by atoms with E-state index in [1.54, 1.807) is 30.3 Å². The number of benzene rings is 2. The molecule has 1 N–H and O–H groups in total. The Morgan fingerprint density at radius 1 is 1.07 bits per heavy atom. The average Bonchev–Trinajstić information content (AvgIpc) is 2.73. The van der Waals surface area contributed by atoms with Gasteiger partial charge in [-0.3, -0.25) is 4.79 Å². The zero-order valence-electron chi connectivity index (χ0n) is 17.0. The number of hydrogen-bond acceptors (Lipinski definition) is 4. The second-order valence-corrected chi connectivity index (χ2v) is 9.73. The molecule has 1 aliphatic heterocycles. The summed E-state index contributed by atoms with van der Waals surface area (Å²) in [6.45, 7) is 2.00. The molecule has 0 saturated carbocycles. The first kappa shape index (κ1) is 21.5. The van der Waals surface area contributed by atoms with Crippen LogP contribution in [0.2, 0.25) is 0 Å². The van der Waals surface area contributed by atoms with Crippen molar-refractivity contribution in [3.8, 4) is 0 Å². The lowest BCUT2D eigenvalue weighted by Gasteiger charge is -2.31. The number of nitrogens with zero attached hydrogens (tertiary/aromatic N) is 2. The maximum atomic E-state index is 12.8. The fourth-order valence-electron chi connectivity index (χ4n) is 3.58. The van der Waals surface area contributed by atoms with Gasteiger partial charge in [0.2, 0.25) is 15.9 Å². The van der Waals surface area contributed by atoms with E-state index in [9.17, 15) is 13.2 Å². The maximum Gasteiger partial charge on any atom is 0.243 e. The van der Waals surface area contributed by atoms with E-state index in [0.29, 0.717) is 25.9 Å². The molecule has 1 atom stereocenters. The number of amides is 1. The molecule has 7 heteroatoms. The van der Waals surface area contributed by atoms with E-state index >= 15 is 0 Å². The Labute approximate surface area is 173 Å². The summed E-state index contributed by atoms with van der Waals surface area (Å²) in [5.74, 6) is -0.411. The highest BCUT2D eigenvalue weighted by Crippen LogP contribution is 2.24. The first-order valence-electron chi connectivity index (χ1n) is 9.92. The monoisotopic (exact) mass is 415 g/mol. The van der Waals surface area contributed by atoms with E-state index < -0.39 is 10.0 Å². The van der Waals surface area contributed by atoms with E-state index in [1.807, 2.05) is 26.2 Å². The number of sulfonamides is 1. The standard InChI is InChI=1S/C22H29N3O3S/c1-24(2)16-19-12-10-18(11-13-19)15-23-22(26)20-7-6-14-25(17-20)29(27,28)21-8-4-3-5-9-21/h3-5,8-13,20H,6-7,14-17H2,1-2H3,(H,23,26). The molecule has 2 aromatic carbocycles. The van der Waals surface area contributed by atoms with Crippen molar-refractivity contribution in [3.05, 3.63) is 65.7 Å². The second kappa shape index (κ2) is 9.52. The zero-order chi connectivity index (χ0) is 20.9. The van der Waals surface area contributed by atoms with E-state index in [2.05, 4.69) is 22.3 Å². The molecule has 3 rings (SSSR count). The summed E-state index contributed by atoms with van der Waals surface area (Å²) in [6, 6.07) is 16.6. The number of piperidine rings is 1. The lowest BCUT2D eigenvalue weighted by molar-refractivity contribution is -0.126. The van der Waals surface area contributed by atoms with Gasteiger partial charge in [-0.05, 0) is 50.2 Å². The Kier molecular flexibility index (Phi) is 7.05. The number of hydrogen-bond donors (Lipinski definition) is 1. The summed E-state index contributed by atoms with van der Waals surface area (Å²) in [4.78, 5) is 15.0. The van der Waals surface area contributed by atoms with Crippen LogP contribution in [0.3, 0.4) is 0 Å². The fraction of sp³-hybridized carbons (Fsp3) is 0.409. The minimum absolute atomic E-state index is 0.0877. The Morgan fingerprint density at radius 2 is 1.72 bits per heavy atom. The highest BCUT2D eigenvalue weighted by Gasteiger charge is 2.33. The first-order chi connectivity index (χ1) is 13.9. The average molecular weight is 416 g/mol. The van der Waals surface area contributed by atoms with E-state index in [0.717, 1.165) is 12.1 Å². The molecule has 1 amide bonds. The van der Waals surface area contributed by atoms with E-state index in [1.165, 1.54) is 9.87 Å². The third-order valence-corrected chi connectivity index (χ3v) is 7.00. The second-order valence-electron chi connectivity index (χ2n) is 7.79. The molecule has 6 nitrogen and oxygen atoms in total. The van der Waals surface area contributed by atoms with E-state index in [4.69, 9.17) is 0 Å². The number of carbonyl (C=O) groups is 1. The van der Waals surface area contributed by atoms with Crippen LogP contribution in [0.15, 0.2) is 59.5 Å². The Balaban J connectivity index is 1.57. The van der Waals surface area contributed by atoms with Gasteiger partial charge in [0.05, 0.1) is 10.8 Å². The van der Waals surface area contributed by atoms with Crippen LogP contribution in [0, 0.1) is 5.92 Å². The Morgan fingerprint density at radius 3 is 2.38 bits per heavy atom. The fourth-order valence-corrected chi connectivity index (χ4v) is 5.12. The largest absolute Gasteiger partial charge is 0.352 e. The molecule has 0 aromatic heterocycles. The number of carbonyl (C=O) groups excluding carboxylic acids is 1. The smallest absolute Gasteiger partial charge is 0.243 e. The molecular formula is C22H29N3O3S. The van der Waals surface area contributed by atoms with Crippen LogP contribution in [0.1, 0.15) is 24.0 Å². The SMILES string of the molecule is CN(C)Cc1ccc(CNC(=O)C2CCCN(S(=O)(=O)c3ccccc3)C2)cc1. The van der Waals surface area contributed by atoms with Crippen LogP contribution in [0.5, 0.6) is 0 Å². The van der Waals surface area contributed by atoms with E-state index in [-0.39, 0.29) is 23.3 Å². The predicted octanol–water partition coefficient (Wildman–Crippen LogP) is 2.47. The molecule has 0 radical (unpaired) electrons. The first-order valence-corrected chi connectivity index (χ1v) is 11.4.